The first kappa shape index (κ1) is 19.0. The van der Waals surface area contributed by atoms with Crippen molar-refractivity contribution >= 4 is 0 Å². The summed E-state index contributed by atoms with van der Waals surface area (Å²) in [6.07, 6.45) is 25.9. The maximum absolute atomic E-state index is 9.97. The molecule has 126 valence electrons. The van der Waals surface area contributed by atoms with E-state index in [1.807, 2.05) is 0 Å². The number of hydrogen-bond donors (Lipinski definition) is 1. The van der Waals surface area contributed by atoms with Crippen LogP contribution in [0.4, 0.5) is 0 Å². The number of aliphatic hydroxyl groups is 1. The van der Waals surface area contributed by atoms with Crippen molar-refractivity contribution in [3.8, 4) is 0 Å². The average Bonchev–Trinajstić information content (AvgIpc) is 2.48. The van der Waals surface area contributed by atoms with Gasteiger partial charge in [-0.05, 0) is 12.8 Å². The minimum atomic E-state index is -0.0180. The molecule has 0 radical (unpaired) electrons. The molecule has 0 bridgehead atoms. The summed E-state index contributed by atoms with van der Waals surface area (Å²) in [4.78, 5) is 0. The van der Waals surface area contributed by atoms with Crippen LogP contribution in [-0.2, 0) is 0 Å². The topological polar surface area (TPSA) is 20.2 Å². The molecule has 1 nitrogen and oxygen atoms in total. The third-order valence-corrected chi connectivity index (χ3v) is 5.07. The zero-order valence-corrected chi connectivity index (χ0v) is 14.5. The highest BCUT2D eigenvalue weighted by Gasteiger charge is 2.04. The number of hydrogen-bond acceptors (Lipinski definition) is 1. The summed E-state index contributed by atoms with van der Waals surface area (Å²) in [5, 5.41) is 9.97. The summed E-state index contributed by atoms with van der Waals surface area (Å²) in [5.74, 6) is 0. The Morgan fingerprint density at radius 3 is 0.762 bits per heavy atom. The van der Waals surface area contributed by atoms with E-state index < -0.39 is 0 Å². The van der Waals surface area contributed by atoms with E-state index in [1.165, 1.54) is 109 Å². The van der Waals surface area contributed by atoms with Crippen LogP contribution in [0.25, 0.3) is 0 Å². The first-order chi connectivity index (χ1) is 10.4. The summed E-state index contributed by atoms with van der Waals surface area (Å²) in [6.45, 7) is 0. The van der Waals surface area contributed by atoms with E-state index in [9.17, 15) is 5.11 Å². The monoisotopic (exact) mass is 296 g/mol. The van der Waals surface area contributed by atoms with Crippen molar-refractivity contribution in [1.29, 1.82) is 0 Å². The molecular formula is C20H40O. The highest BCUT2D eigenvalue weighted by atomic mass is 16.3. The van der Waals surface area contributed by atoms with Crippen molar-refractivity contribution in [2.45, 2.75) is 128 Å². The minimum absolute atomic E-state index is 0.0180. The van der Waals surface area contributed by atoms with Gasteiger partial charge in [0.1, 0.15) is 0 Å². The van der Waals surface area contributed by atoms with Crippen LogP contribution in [0.2, 0.25) is 0 Å². The molecule has 0 aromatic carbocycles. The van der Waals surface area contributed by atoms with Crippen LogP contribution in [0.3, 0.4) is 0 Å². The number of rotatable bonds is 0. The van der Waals surface area contributed by atoms with Crippen molar-refractivity contribution in [2.75, 3.05) is 0 Å². The molecule has 0 heterocycles. The Bertz CT molecular complexity index is 182. The van der Waals surface area contributed by atoms with Crippen molar-refractivity contribution in [1.82, 2.24) is 0 Å². The van der Waals surface area contributed by atoms with Crippen molar-refractivity contribution < 1.29 is 5.11 Å². The second-order valence-electron chi connectivity index (χ2n) is 7.24. The smallest absolute Gasteiger partial charge is 0.0540 e. The van der Waals surface area contributed by atoms with Gasteiger partial charge in [0.15, 0.2) is 0 Å². The third-order valence-electron chi connectivity index (χ3n) is 5.07. The van der Waals surface area contributed by atoms with Gasteiger partial charge in [-0.25, -0.2) is 0 Å². The Hall–Kier alpha value is -0.0400. The molecule has 1 aliphatic carbocycles. The van der Waals surface area contributed by atoms with Gasteiger partial charge in [-0.1, -0.05) is 109 Å². The van der Waals surface area contributed by atoms with Crippen LogP contribution in [0, 0.1) is 0 Å². The van der Waals surface area contributed by atoms with Crippen molar-refractivity contribution in [3.63, 3.8) is 0 Å². The molecule has 0 spiro atoms. The first-order valence-corrected chi connectivity index (χ1v) is 10.1. The van der Waals surface area contributed by atoms with Gasteiger partial charge >= 0.3 is 0 Å². The molecule has 0 aromatic rings. The second-order valence-corrected chi connectivity index (χ2v) is 7.24. The summed E-state index contributed by atoms with van der Waals surface area (Å²) in [5.41, 5.74) is 0. The van der Waals surface area contributed by atoms with Gasteiger partial charge in [0.05, 0.1) is 6.10 Å². The predicted molar refractivity (Wildman–Crippen MR) is 93.7 cm³/mol. The van der Waals surface area contributed by atoms with Gasteiger partial charge < -0.3 is 5.11 Å². The van der Waals surface area contributed by atoms with E-state index in [1.54, 1.807) is 0 Å². The lowest BCUT2D eigenvalue weighted by Crippen LogP contribution is -2.05. The van der Waals surface area contributed by atoms with Gasteiger partial charge in [0, 0.05) is 0 Å². The Morgan fingerprint density at radius 1 is 0.333 bits per heavy atom. The summed E-state index contributed by atoms with van der Waals surface area (Å²) in [6, 6.07) is 0. The molecular weight excluding hydrogens is 256 g/mol. The van der Waals surface area contributed by atoms with Crippen molar-refractivity contribution in [2.24, 2.45) is 0 Å². The van der Waals surface area contributed by atoms with Crippen LogP contribution < -0.4 is 0 Å². The molecule has 1 rings (SSSR count). The zero-order chi connectivity index (χ0) is 15.0. The summed E-state index contributed by atoms with van der Waals surface area (Å²) in [7, 11) is 0. The van der Waals surface area contributed by atoms with E-state index in [4.69, 9.17) is 0 Å². The molecule has 0 unspecified atom stereocenters. The lowest BCUT2D eigenvalue weighted by Gasteiger charge is -2.10. The molecule has 0 aliphatic heterocycles. The highest BCUT2D eigenvalue weighted by molar-refractivity contribution is 4.58. The Labute approximate surface area is 133 Å². The van der Waals surface area contributed by atoms with Gasteiger partial charge in [-0.3, -0.25) is 0 Å². The molecule has 1 fully saturated rings. The van der Waals surface area contributed by atoms with Gasteiger partial charge in [0.25, 0.3) is 0 Å². The molecule has 0 aromatic heterocycles. The average molecular weight is 297 g/mol. The van der Waals surface area contributed by atoms with E-state index in [0.29, 0.717) is 0 Å². The third kappa shape index (κ3) is 13.4. The molecule has 1 aliphatic rings. The lowest BCUT2D eigenvalue weighted by molar-refractivity contribution is 0.147. The standard InChI is InChI=1S/C20H40O/c21-20-18-16-14-12-10-8-6-4-2-1-3-5-7-9-11-13-15-17-19-20/h20-21H,1-19H2. The van der Waals surface area contributed by atoms with Crippen molar-refractivity contribution in [3.05, 3.63) is 0 Å². The highest BCUT2D eigenvalue weighted by Crippen LogP contribution is 2.17. The van der Waals surface area contributed by atoms with E-state index in [0.717, 1.165) is 12.8 Å². The molecule has 0 saturated heterocycles. The molecule has 1 heteroatoms. The van der Waals surface area contributed by atoms with Crippen LogP contribution in [0.15, 0.2) is 0 Å². The fourth-order valence-electron chi connectivity index (χ4n) is 3.56. The predicted octanol–water partition coefficient (Wildman–Crippen LogP) is 6.77. The van der Waals surface area contributed by atoms with Crippen LogP contribution in [-0.4, -0.2) is 11.2 Å². The Balaban J connectivity index is 2.08. The van der Waals surface area contributed by atoms with Crippen LogP contribution >= 0.6 is 0 Å². The molecule has 21 heavy (non-hydrogen) atoms. The Kier molecular flexibility index (Phi) is 13.5. The van der Waals surface area contributed by atoms with Gasteiger partial charge in [-0.15, -0.1) is 0 Å². The van der Waals surface area contributed by atoms with Gasteiger partial charge in [-0.2, -0.15) is 0 Å². The first-order valence-electron chi connectivity index (χ1n) is 10.1. The molecule has 1 saturated carbocycles. The largest absolute Gasteiger partial charge is 0.393 e. The number of aliphatic hydroxyl groups excluding tert-OH is 1. The van der Waals surface area contributed by atoms with Gasteiger partial charge in [0.2, 0.25) is 0 Å². The molecule has 1 N–H and O–H groups in total. The fraction of sp³-hybridized carbons (Fsp3) is 1.00. The van der Waals surface area contributed by atoms with Crippen LogP contribution in [0.1, 0.15) is 122 Å². The zero-order valence-electron chi connectivity index (χ0n) is 14.5. The Morgan fingerprint density at radius 2 is 0.524 bits per heavy atom. The van der Waals surface area contributed by atoms with E-state index >= 15 is 0 Å². The normalized spacial score (nSPS) is 24.4. The minimum Gasteiger partial charge on any atom is -0.393 e. The lowest BCUT2D eigenvalue weighted by atomic mass is 10.0. The van der Waals surface area contributed by atoms with E-state index in [2.05, 4.69) is 0 Å². The maximum atomic E-state index is 9.97. The second kappa shape index (κ2) is 14.9. The summed E-state index contributed by atoms with van der Waals surface area (Å²) >= 11 is 0. The fourth-order valence-corrected chi connectivity index (χ4v) is 3.56. The maximum Gasteiger partial charge on any atom is 0.0540 e. The van der Waals surface area contributed by atoms with Crippen LogP contribution in [0.5, 0.6) is 0 Å². The molecule has 0 amide bonds. The molecule has 0 atom stereocenters. The van der Waals surface area contributed by atoms with E-state index in [-0.39, 0.29) is 6.10 Å². The quantitative estimate of drug-likeness (QED) is 0.522. The summed E-state index contributed by atoms with van der Waals surface area (Å²) < 4.78 is 0. The SMILES string of the molecule is OC1CCCCCCCCCCCCCCCCCCC1.